The van der Waals surface area contributed by atoms with E-state index < -0.39 is 0 Å². The standard InChI is InChI=1S/C13H21N3O3/c1-10-8-16(5-4-6-19-10)12-7-13(18-3)15-11(14-12)9-17-2/h7,10H,4-6,8-9H2,1-3H3. The molecule has 1 aliphatic rings. The van der Waals surface area contributed by atoms with Gasteiger partial charge in [-0.3, -0.25) is 0 Å². The molecule has 0 amide bonds. The summed E-state index contributed by atoms with van der Waals surface area (Å²) in [6, 6.07) is 1.86. The fourth-order valence-corrected chi connectivity index (χ4v) is 2.12. The molecule has 1 saturated heterocycles. The number of aromatic nitrogens is 2. The van der Waals surface area contributed by atoms with E-state index in [1.165, 1.54) is 0 Å². The molecule has 2 rings (SSSR count). The van der Waals surface area contributed by atoms with Gasteiger partial charge in [0.15, 0.2) is 5.82 Å². The largest absolute Gasteiger partial charge is 0.481 e. The van der Waals surface area contributed by atoms with E-state index in [0.717, 1.165) is 31.9 Å². The molecule has 1 aromatic heterocycles. The van der Waals surface area contributed by atoms with E-state index >= 15 is 0 Å². The molecule has 1 fully saturated rings. The SMILES string of the molecule is COCc1nc(OC)cc(N2CCCOC(C)C2)n1. The normalized spacial score (nSPS) is 20.2. The number of anilines is 1. The van der Waals surface area contributed by atoms with Crippen LogP contribution in [0.4, 0.5) is 5.82 Å². The van der Waals surface area contributed by atoms with Gasteiger partial charge in [0, 0.05) is 32.9 Å². The van der Waals surface area contributed by atoms with Crippen LogP contribution in [0, 0.1) is 0 Å². The zero-order valence-corrected chi connectivity index (χ0v) is 11.8. The summed E-state index contributed by atoms with van der Waals surface area (Å²) < 4.78 is 16.0. The Morgan fingerprint density at radius 2 is 2.26 bits per heavy atom. The number of hydrogen-bond acceptors (Lipinski definition) is 6. The van der Waals surface area contributed by atoms with Gasteiger partial charge in [0.2, 0.25) is 5.88 Å². The minimum Gasteiger partial charge on any atom is -0.481 e. The van der Waals surface area contributed by atoms with Gasteiger partial charge in [0.05, 0.1) is 13.2 Å². The van der Waals surface area contributed by atoms with Crippen LogP contribution in [-0.2, 0) is 16.1 Å². The van der Waals surface area contributed by atoms with Gasteiger partial charge >= 0.3 is 0 Å². The minimum absolute atomic E-state index is 0.203. The smallest absolute Gasteiger partial charge is 0.218 e. The lowest BCUT2D eigenvalue weighted by Gasteiger charge is -2.23. The number of methoxy groups -OCH3 is 2. The van der Waals surface area contributed by atoms with Gasteiger partial charge in [-0.2, -0.15) is 4.98 Å². The van der Waals surface area contributed by atoms with Crippen LogP contribution in [0.25, 0.3) is 0 Å². The quantitative estimate of drug-likeness (QED) is 0.818. The number of ether oxygens (including phenoxy) is 3. The summed E-state index contributed by atoms with van der Waals surface area (Å²) in [5, 5.41) is 0. The Kier molecular flexibility index (Phi) is 4.93. The van der Waals surface area contributed by atoms with Gasteiger partial charge in [0.25, 0.3) is 0 Å². The lowest BCUT2D eigenvalue weighted by molar-refractivity contribution is 0.0820. The summed E-state index contributed by atoms with van der Waals surface area (Å²) in [6.07, 6.45) is 1.20. The van der Waals surface area contributed by atoms with Crippen molar-refractivity contribution < 1.29 is 14.2 Å². The molecule has 0 saturated carbocycles. The Morgan fingerprint density at radius 1 is 1.42 bits per heavy atom. The highest BCUT2D eigenvalue weighted by molar-refractivity contribution is 5.42. The highest BCUT2D eigenvalue weighted by Gasteiger charge is 2.18. The van der Waals surface area contributed by atoms with Crippen LogP contribution in [0.1, 0.15) is 19.2 Å². The molecule has 1 atom stereocenters. The highest BCUT2D eigenvalue weighted by atomic mass is 16.5. The fraction of sp³-hybridized carbons (Fsp3) is 0.692. The average molecular weight is 267 g/mol. The van der Waals surface area contributed by atoms with E-state index in [4.69, 9.17) is 14.2 Å². The third-order valence-corrected chi connectivity index (χ3v) is 2.99. The third kappa shape index (κ3) is 3.78. The lowest BCUT2D eigenvalue weighted by Crippen LogP contribution is -2.31. The van der Waals surface area contributed by atoms with E-state index in [-0.39, 0.29) is 6.10 Å². The van der Waals surface area contributed by atoms with Crippen LogP contribution < -0.4 is 9.64 Å². The predicted molar refractivity (Wildman–Crippen MR) is 71.5 cm³/mol. The molecule has 106 valence electrons. The molecule has 6 nitrogen and oxygen atoms in total. The molecule has 1 aliphatic heterocycles. The van der Waals surface area contributed by atoms with Crippen molar-refractivity contribution in [2.75, 3.05) is 38.8 Å². The second-order valence-electron chi connectivity index (χ2n) is 4.60. The molecule has 0 aliphatic carbocycles. The van der Waals surface area contributed by atoms with Crippen molar-refractivity contribution in [2.24, 2.45) is 0 Å². The van der Waals surface area contributed by atoms with Crippen molar-refractivity contribution in [2.45, 2.75) is 26.1 Å². The summed E-state index contributed by atoms with van der Waals surface area (Å²) in [5.41, 5.74) is 0. The maximum atomic E-state index is 5.65. The van der Waals surface area contributed by atoms with Gasteiger partial charge in [-0.1, -0.05) is 0 Å². The molecule has 0 spiro atoms. The molecular weight excluding hydrogens is 246 g/mol. The van der Waals surface area contributed by atoms with Crippen molar-refractivity contribution in [3.63, 3.8) is 0 Å². The molecule has 0 bridgehead atoms. The van der Waals surface area contributed by atoms with Crippen molar-refractivity contribution in [1.29, 1.82) is 0 Å². The van der Waals surface area contributed by atoms with Gasteiger partial charge < -0.3 is 19.1 Å². The number of hydrogen-bond donors (Lipinski definition) is 0. The molecule has 0 N–H and O–H groups in total. The molecule has 0 aromatic carbocycles. The first-order chi connectivity index (χ1) is 9.22. The maximum Gasteiger partial charge on any atom is 0.218 e. The van der Waals surface area contributed by atoms with Crippen LogP contribution in [-0.4, -0.2) is 50.0 Å². The third-order valence-electron chi connectivity index (χ3n) is 2.99. The summed E-state index contributed by atoms with van der Waals surface area (Å²) >= 11 is 0. The zero-order valence-electron chi connectivity index (χ0n) is 11.8. The maximum absolute atomic E-state index is 5.65. The Bertz CT molecular complexity index is 414. The summed E-state index contributed by atoms with van der Waals surface area (Å²) in [6.45, 7) is 5.01. The summed E-state index contributed by atoms with van der Waals surface area (Å²) in [5.74, 6) is 2.07. The Balaban J connectivity index is 2.23. The van der Waals surface area contributed by atoms with Gasteiger partial charge in [-0.25, -0.2) is 4.98 Å². The number of rotatable bonds is 4. The topological polar surface area (TPSA) is 56.7 Å². The minimum atomic E-state index is 0.203. The van der Waals surface area contributed by atoms with Gasteiger partial charge in [-0.05, 0) is 13.3 Å². The average Bonchev–Trinajstić information content (AvgIpc) is 2.63. The summed E-state index contributed by atoms with van der Waals surface area (Å²) in [4.78, 5) is 11.0. The van der Waals surface area contributed by atoms with Crippen LogP contribution in [0.3, 0.4) is 0 Å². The second-order valence-corrected chi connectivity index (χ2v) is 4.60. The van der Waals surface area contributed by atoms with E-state index in [2.05, 4.69) is 21.8 Å². The number of nitrogens with zero attached hydrogens (tertiary/aromatic N) is 3. The molecule has 1 aromatic rings. The fourth-order valence-electron chi connectivity index (χ4n) is 2.12. The second kappa shape index (κ2) is 6.68. The Hall–Kier alpha value is -1.40. The first kappa shape index (κ1) is 14.0. The van der Waals surface area contributed by atoms with Gasteiger partial charge in [-0.15, -0.1) is 0 Å². The zero-order chi connectivity index (χ0) is 13.7. The van der Waals surface area contributed by atoms with E-state index in [9.17, 15) is 0 Å². The van der Waals surface area contributed by atoms with Crippen molar-refractivity contribution in [1.82, 2.24) is 9.97 Å². The van der Waals surface area contributed by atoms with Crippen LogP contribution in [0.5, 0.6) is 5.88 Å². The molecule has 19 heavy (non-hydrogen) atoms. The van der Waals surface area contributed by atoms with Crippen LogP contribution in [0.2, 0.25) is 0 Å². The van der Waals surface area contributed by atoms with E-state index in [1.807, 2.05) is 6.07 Å². The van der Waals surface area contributed by atoms with Crippen molar-refractivity contribution in [3.8, 4) is 5.88 Å². The predicted octanol–water partition coefficient (Wildman–Crippen LogP) is 1.25. The molecule has 6 heteroatoms. The molecule has 1 unspecified atom stereocenters. The first-order valence-corrected chi connectivity index (χ1v) is 6.50. The van der Waals surface area contributed by atoms with Gasteiger partial charge in [0.1, 0.15) is 12.4 Å². The van der Waals surface area contributed by atoms with E-state index in [1.54, 1.807) is 14.2 Å². The van der Waals surface area contributed by atoms with Crippen molar-refractivity contribution in [3.05, 3.63) is 11.9 Å². The molecule has 2 heterocycles. The monoisotopic (exact) mass is 267 g/mol. The Morgan fingerprint density at radius 3 is 3.00 bits per heavy atom. The molecular formula is C13H21N3O3. The Labute approximate surface area is 113 Å². The summed E-state index contributed by atoms with van der Waals surface area (Å²) in [7, 11) is 3.24. The van der Waals surface area contributed by atoms with Crippen LogP contribution in [0.15, 0.2) is 6.07 Å². The molecule has 0 radical (unpaired) electrons. The first-order valence-electron chi connectivity index (χ1n) is 6.50. The van der Waals surface area contributed by atoms with E-state index in [0.29, 0.717) is 18.3 Å². The van der Waals surface area contributed by atoms with Crippen LogP contribution >= 0.6 is 0 Å². The van der Waals surface area contributed by atoms with Crippen molar-refractivity contribution >= 4 is 5.82 Å². The lowest BCUT2D eigenvalue weighted by atomic mass is 10.3. The highest BCUT2D eigenvalue weighted by Crippen LogP contribution is 2.20.